The van der Waals surface area contributed by atoms with Crippen LogP contribution in [0.3, 0.4) is 0 Å². The van der Waals surface area contributed by atoms with Crippen molar-refractivity contribution in [3.63, 3.8) is 0 Å². The summed E-state index contributed by atoms with van der Waals surface area (Å²) in [5, 5.41) is 19.5. The molecular formula is C24H20N2O3S2. The minimum atomic E-state index is -0.952. The summed E-state index contributed by atoms with van der Waals surface area (Å²) in [6.07, 6.45) is 3.34. The summed E-state index contributed by atoms with van der Waals surface area (Å²) < 4.78 is 0. The minimum absolute atomic E-state index is 0.0308. The molecule has 0 bridgehead atoms. The van der Waals surface area contributed by atoms with Crippen molar-refractivity contribution in [3.8, 4) is 0 Å². The first kappa shape index (κ1) is 22.6. The summed E-state index contributed by atoms with van der Waals surface area (Å²) in [6.45, 7) is 0.0308. The van der Waals surface area contributed by atoms with Crippen molar-refractivity contribution in [2.45, 2.75) is 26.4 Å². The maximum Gasteiger partial charge on any atom is 0.338 e. The van der Waals surface area contributed by atoms with E-state index in [4.69, 9.17) is 10.2 Å². The van der Waals surface area contributed by atoms with Crippen LogP contribution in [-0.2, 0) is 6.61 Å². The third kappa shape index (κ3) is 6.96. The first-order chi connectivity index (χ1) is 15.2. The number of carboxylic acids is 1. The Kier molecular flexibility index (Phi) is 8.66. The van der Waals surface area contributed by atoms with E-state index in [1.165, 1.54) is 11.8 Å². The molecule has 0 spiro atoms. The lowest BCUT2D eigenvalue weighted by molar-refractivity contribution is 0.0692. The molecule has 7 heteroatoms. The maximum atomic E-state index is 11.0. The third-order valence-electron chi connectivity index (χ3n) is 3.94. The van der Waals surface area contributed by atoms with Crippen molar-refractivity contribution < 1.29 is 15.0 Å². The smallest absolute Gasteiger partial charge is 0.338 e. The van der Waals surface area contributed by atoms with Crippen LogP contribution in [0.1, 0.15) is 15.9 Å². The van der Waals surface area contributed by atoms with Gasteiger partial charge in [-0.25, -0.2) is 14.8 Å². The van der Waals surface area contributed by atoms with E-state index in [1.807, 2.05) is 72.8 Å². The molecule has 0 aliphatic rings. The van der Waals surface area contributed by atoms with E-state index in [0.717, 1.165) is 20.4 Å². The average Bonchev–Trinajstić information content (AvgIpc) is 2.81. The van der Waals surface area contributed by atoms with Crippen LogP contribution in [0.15, 0.2) is 117 Å². The van der Waals surface area contributed by atoms with E-state index < -0.39 is 5.97 Å². The zero-order valence-corrected chi connectivity index (χ0v) is 18.1. The monoisotopic (exact) mass is 448 g/mol. The largest absolute Gasteiger partial charge is 0.478 e. The summed E-state index contributed by atoms with van der Waals surface area (Å²) in [7, 11) is 0. The molecule has 0 saturated heterocycles. The second-order valence-corrected chi connectivity index (χ2v) is 8.24. The number of aliphatic hydroxyl groups excluding tert-OH is 1. The zero-order valence-electron chi connectivity index (χ0n) is 16.5. The Morgan fingerprint density at radius 3 is 1.77 bits per heavy atom. The molecule has 0 fully saturated rings. The van der Waals surface area contributed by atoms with Crippen LogP contribution in [0.4, 0.5) is 0 Å². The molecule has 0 aliphatic heterocycles. The number of aromatic nitrogens is 2. The van der Waals surface area contributed by atoms with Gasteiger partial charge in [0.05, 0.1) is 12.2 Å². The second-order valence-electron chi connectivity index (χ2n) is 6.12. The lowest BCUT2D eigenvalue weighted by Crippen LogP contribution is -1.99. The molecule has 156 valence electrons. The third-order valence-corrected chi connectivity index (χ3v) is 6.03. The molecule has 0 atom stereocenters. The Hall–Kier alpha value is -3.13. The van der Waals surface area contributed by atoms with Crippen molar-refractivity contribution in [2.24, 2.45) is 0 Å². The molecule has 2 aromatic carbocycles. The number of carbonyl (C=O) groups is 1. The van der Waals surface area contributed by atoms with Gasteiger partial charge in [0.1, 0.15) is 10.1 Å². The summed E-state index contributed by atoms with van der Waals surface area (Å²) in [5.74, 6) is -0.952. The van der Waals surface area contributed by atoms with Gasteiger partial charge in [-0.2, -0.15) is 0 Å². The highest BCUT2D eigenvalue weighted by Gasteiger charge is 2.11. The Labute approximate surface area is 189 Å². The van der Waals surface area contributed by atoms with Crippen LogP contribution in [-0.4, -0.2) is 26.2 Å². The fourth-order valence-electron chi connectivity index (χ4n) is 2.47. The van der Waals surface area contributed by atoms with Crippen LogP contribution in [0.5, 0.6) is 0 Å². The number of hydrogen-bond acceptors (Lipinski definition) is 6. The standard InChI is InChI=1S/C12H9NO2S.C12H11NOS/c14-12(15)10-7-4-8-13-11(10)16-9-5-2-1-3-6-9;14-9-10-5-4-8-13-12(10)15-11-6-2-1-3-7-11/h1-8H,(H,14,15);1-8,14H,9H2. The fraction of sp³-hybridized carbons (Fsp3) is 0.0417. The summed E-state index contributed by atoms with van der Waals surface area (Å²) in [6, 6.07) is 26.5. The van der Waals surface area contributed by atoms with Crippen LogP contribution in [0, 0.1) is 0 Å². The van der Waals surface area contributed by atoms with E-state index in [0.29, 0.717) is 5.03 Å². The average molecular weight is 449 g/mol. The highest BCUT2D eigenvalue weighted by Crippen LogP contribution is 2.29. The van der Waals surface area contributed by atoms with Crippen molar-refractivity contribution >= 4 is 29.5 Å². The molecule has 0 radical (unpaired) electrons. The van der Waals surface area contributed by atoms with E-state index in [2.05, 4.69) is 9.97 Å². The van der Waals surface area contributed by atoms with Crippen molar-refractivity contribution in [3.05, 3.63) is 108 Å². The molecule has 2 heterocycles. The van der Waals surface area contributed by atoms with Gasteiger partial charge in [-0.05, 0) is 42.5 Å². The van der Waals surface area contributed by atoms with Gasteiger partial charge in [0.15, 0.2) is 0 Å². The normalized spacial score (nSPS) is 10.1. The molecule has 5 nitrogen and oxygen atoms in total. The summed E-state index contributed by atoms with van der Waals surface area (Å²) >= 11 is 2.92. The lowest BCUT2D eigenvalue weighted by Gasteiger charge is -2.04. The van der Waals surface area contributed by atoms with Gasteiger partial charge in [-0.3, -0.25) is 0 Å². The number of hydrogen-bond donors (Lipinski definition) is 2. The van der Waals surface area contributed by atoms with Crippen LogP contribution in [0.2, 0.25) is 0 Å². The van der Waals surface area contributed by atoms with Crippen LogP contribution in [0.25, 0.3) is 0 Å². The lowest BCUT2D eigenvalue weighted by atomic mass is 10.3. The molecule has 0 aliphatic carbocycles. The Morgan fingerprint density at radius 1 is 0.710 bits per heavy atom. The van der Waals surface area contributed by atoms with E-state index in [1.54, 1.807) is 36.3 Å². The first-order valence-corrected chi connectivity index (χ1v) is 11.0. The second kappa shape index (κ2) is 11.9. The first-order valence-electron chi connectivity index (χ1n) is 9.36. The molecule has 0 saturated carbocycles. The number of benzene rings is 2. The predicted octanol–water partition coefficient (Wildman–Crippen LogP) is 5.66. The highest BCUT2D eigenvalue weighted by molar-refractivity contribution is 7.99. The van der Waals surface area contributed by atoms with Crippen molar-refractivity contribution in [1.29, 1.82) is 0 Å². The SMILES string of the molecule is O=C(O)c1cccnc1Sc1ccccc1.OCc1cccnc1Sc1ccccc1. The molecular weight excluding hydrogens is 428 g/mol. The molecule has 2 N–H and O–H groups in total. The topological polar surface area (TPSA) is 83.3 Å². The van der Waals surface area contributed by atoms with Crippen LogP contribution < -0.4 is 0 Å². The highest BCUT2D eigenvalue weighted by atomic mass is 32.2. The fourth-order valence-corrected chi connectivity index (χ4v) is 4.26. The van der Waals surface area contributed by atoms with Crippen LogP contribution >= 0.6 is 23.5 Å². The van der Waals surface area contributed by atoms with Gasteiger partial charge in [0.25, 0.3) is 0 Å². The summed E-state index contributed by atoms with van der Waals surface area (Å²) in [5.41, 5.74) is 1.10. The number of aromatic carboxylic acids is 1. The summed E-state index contributed by atoms with van der Waals surface area (Å²) in [4.78, 5) is 21.4. The van der Waals surface area contributed by atoms with E-state index >= 15 is 0 Å². The number of nitrogens with zero attached hydrogens (tertiary/aromatic N) is 2. The molecule has 0 unspecified atom stereocenters. The zero-order chi connectivity index (χ0) is 21.9. The van der Waals surface area contributed by atoms with Gasteiger partial charge in [-0.15, -0.1) is 0 Å². The number of carboxylic acid groups (broad SMARTS) is 1. The predicted molar refractivity (Wildman–Crippen MR) is 122 cm³/mol. The maximum absolute atomic E-state index is 11.0. The number of rotatable bonds is 6. The minimum Gasteiger partial charge on any atom is -0.478 e. The van der Waals surface area contributed by atoms with Crippen molar-refractivity contribution in [2.75, 3.05) is 0 Å². The quantitative estimate of drug-likeness (QED) is 0.394. The Morgan fingerprint density at radius 2 is 1.23 bits per heavy atom. The van der Waals surface area contributed by atoms with Gasteiger partial charge in [-0.1, -0.05) is 66.0 Å². The van der Waals surface area contributed by atoms with Gasteiger partial charge >= 0.3 is 5.97 Å². The van der Waals surface area contributed by atoms with Crippen molar-refractivity contribution in [1.82, 2.24) is 9.97 Å². The molecule has 4 aromatic rings. The Bertz CT molecular complexity index is 1110. The van der Waals surface area contributed by atoms with E-state index in [-0.39, 0.29) is 12.2 Å². The molecule has 2 aromatic heterocycles. The molecule has 4 rings (SSSR count). The molecule has 31 heavy (non-hydrogen) atoms. The van der Waals surface area contributed by atoms with Gasteiger partial charge in [0, 0.05) is 27.7 Å². The van der Waals surface area contributed by atoms with E-state index in [9.17, 15) is 4.79 Å². The number of aliphatic hydroxyl groups is 1. The van der Waals surface area contributed by atoms with Gasteiger partial charge < -0.3 is 10.2 Å². The Balaban J connectivity index is 0.000000176. The van der Waals surface area contributed by atoms with Gasteiger partial charge in [0.2, 0.25) is 0 Å². The number of pyridine rings is 2. The molecule has 0 amide bonds.